The van der Waals surface area contributed by atoms with Crippen LogP contribution in [0, 0.1) is 5.92 Å². The van der Waals surface area contributed by atoms with Crippen LogP contribution in [0.2, 0.25) is 0 Å². The van der Waals surface area contributed by atoms with E-state index < -0.39 is 0 Å². The maximum absolute atomic E-state index is 11.5. The van der Waals surface area contributed by atoms with Crippen LogP contribution in [0.25, 0.3) is 0 Å². The standard InChI is InChI=1S/C16H32N4OS/c1-6-18-15(19-12-16(2,3)22-5)20-9-7-13(8-10-20)11-14(21)17-4/h13H,6-12H2,1-5H3,(H,17,21)(H,18,19). The van der Waals surface area contributed by atoms with Crippen LogP contribution >= 0.6 is 11.8 Å². The molecule has 5 nitrogen and oxygen atoms in total. The Morgan fingerprint density at radius 1 is 1.36 bits per heavy atom. The molecule has 2 N–H and O–H groups in total. The molecule has 1 aliphatic heterocycles. The van der Waals surface area contributed by atoms with E-state index in [9.17, 15) is 4.79 Å². The summed E-state index contributed by atoms with van der Waals surface area (Å²) in [5, 5.41) is 6.12. The van der Waals surface area contributed by atoms with Crippen molar-refractivity contribution in [3.05, 3.63) is 0 Å². The van der Waals surface area contributed by atoms with E-state index in [1.165, 1.54) is 0 Å². The van der Waals surface area contributed by atoms with Gasteiger partial charge in [0.2, 0.25) is 5.91 Å². The van der Waals surface area contributed by atoms with Gasteiger partial charge in [0.05, 0.1) is 6.54 Å². The highest BCUT2D eigenvalue weighted by molar-refractivity contribution is 7.99. The number of amides is 1. The van der Waals surface area contributed by atoms with E-state index in [1.54, 1.807) is 7.05 Å². The fraction of sp³-hybridized carbons (Fsp3) is 0.875. The molecule has 0 atom stereocenters. The van der Waals surface area contributed by atoms with Crippen molar-refractivity contribution in [3.63, 3.8) is 0 Å². The second-order valence-corrected chi connectivity index (χ2v) is 7.96. The smallest absolute Gasteiger partial charge is 0.220 e. The molecule has 1 fully saturated rings. The minimum atomic E-state index is 0.153. The molecule has 0 aliphatic carbocycles. The number of thioether (sulfide) groups is 1. The predicted molar refractivity (Wildman–Crippen MR) is 96.6 cm³/mol. The molecule has 1 saturated heterocycles. The van der Waals surface area contributed by atoms with Crippen molar-refractivity contribution in [2.24, 2.45) is 10.9 Å². The summed E-state index contributed by atoms with van der Waals surface area (Å²) in [5.74, 6) is 1.67. The second kappa shape index (κ2) is 9.28. The Morgan fingerprint density at radius 2 is 2.00 bits per heavy atom. The van der Waals surface area contributed by atoms with Gasteiger partial charge in [-0.15, -0.1) is 0 Å². The van der Waals surface area contributed by atoms with Crippen LogP contribution in [-0.2, 0) is 4.79 Å². The van der Waals surface area contributed by atoms with Gasteiger partial charge in [0.25, 0.3) is 0 Å². The normalized spacial score (nSPS) is 17.5. The number of carbonyl (C=O) groups excluding carboxylic acids is 1. The van der Waals surface area contributed by atoms with Gasteiger partial charge in [0.15, 0.2) is 5.96 Å². The van der Waals surface area contributed by atoms with E-state index in [0.717, 1.165) is 45.0 Å². The Kier molecular flexibility index (Phi) is 8.07. The lowest BCUT2D eigenvalue weighted by Gasteiger charge is -2.34. The van der Waals surface area contributed by atoms with Crippen LogP contribution in [-0.4, -0.2) is 61.0 Å². The third-order valence-electron chi connectivity index (χ3n) is 4.16. The summed E-state index contributed by atoms with van der Waals surface area (Å²) in [6.45, 7) is 10.2. The summed E-state index contributed by atoms with van der Waals surface area (Å²) in [6.07, 6.45) is 4.90. The van der Waals surface area contributed by atoms with Crippen molar-refractivity contribution in [1.29, 1.82) is 0 Å². The lowest BCUT2D eigenvalue weighted by Crippen LogP contribution is -2.46. The van der Waals surface area contributed by atoms with Crippen LogP contribution < -0.4 is 10.6 Å². The first kappa shape index (κ1) is 19.1. The number of piperidine rings is 1. The monoisotopic (exact) mass is 328 g/mol. The van der Waals surface area contributed by atoms with Crippen LogP contribution in [0.5, 0.6) is 0 Å². The van der Waals surface area contributed by atoms with Gasteiger partial charge < -0.3 is 15.5 Å². The van der Waals surface area contributed by atoms with E-state index >= 15 is 0 Å². The van der Waals surface area contributed by atoms with E-state index in [0.29, 0.717) is 12.3 Å². The molecule has 1 amide bonds. The molecule has 22 heavy (non-hydrogen) atoms. The molecular weight excluding hydrogens is 296 g/mol. The largest absolute Gasteiger partial charge is 0.359 e. The molecule has 1 heterocycles. The summed E-state index contributed by atoms with van der Waals surface area (Å²) in [6, 6.07) is 0. The first-order valence-electron chi connectivity index (χ1n) is 8.20. The fourth-order valence-corrected chi connectivity index (χ4v) is 2.66. The number of hydrogen-bond donors (Lipinski definition) is 2. The Hall–Kier alpha value is -0.910. The molecule has 1 rings (SSSR count). The number of nitrogens with zero attached hydrogens (tertiary/aromatic N) is 2. The van der Waals surface area contributed by atoms with Gasteiger partial charge >= 0.3 is 0 Å². The molecular formula is C16H32N4OS. The molecule has 0 unspecified atom stereocenters. The van der Waals surface area contributed by atoms with Gasteiger partial charge in [0.1, 0.15) is 0 Å². The van der Waals surface area contributed by atoms with Crippen LogP contribution in [0.15, 0.2) is 4.99 Å². The third-order valence-corrected chi connectivity index (χ3v) is 5.40. The van der Waals surface area contributed by atoms with Crippen LogP contribution in [0.4, 0.5) is 0 Å². The Labute approximate surface area is 139 Å². The molecule has 0 aromatic rings. The van der Waals surface area contributed by atoms with Gasteiger partial charge in [-0.1, -0.05) is 0 Å². The van der Waals surface area contributed by atoms with E-state index in [2.05, 4.69) is 42.6 Å². The summed E-state index contributed by atoms with van der Waals surface area (Å²) in [7, 11) is 1.71. The summed E-state index contributed by atoms with van der Waals surface area (Å²) in [5.41, 5.74) is 0. The van der Waals surface area contributed by atoms with Crippen molar-refractivity contribution in [3.8, 4) is 0 Å². The number of likely N-dealkylation sites (tertiary alicyclic amines) is 1. The molecule has 128 valence electrons. The highest BCUT2D eigenvalue weighted by Gasteiger charge is 2.24. The molecule has 0 spiro atoms. The highest BCUT2D eigenvalue weighted by atomic mass is 32.2. The van der Waals surface area contributed by atoms with E-state index in [-0.39, 0.29) is 10.7 Å². The van der Waals surface area contributed by atoms with Crippen molar-refractivity contribution in [1.82, 2.24) is 15.5 Å². The lowest BCUT2D eigenvalue weighted by atomic mass is 9.93. The maximum atomic E-state index is 11.5. The SMILES string of the molecule is CCNC(=NCC(C)(C)SC)N1CCC(CC(=O)NC)CC1. The summed E-state index contributed by atoms with van der Waals surface area (Å²) in [4.78, 5) is 18.6. The maximum Gasteiger partial charge on any atom is 0.220 e. The second-order valence-electron chi connectivity index (χ2n) is 6.44. The molecule has 0 aromatic carbocycles. The zero-order valence-electron chi connectivity index (χ0n) is 14.7. The number of nitrogens with one attached hydrogen (secondary N) is 2. The molecule has 1 aliphatic rings. The van der Waals surface area contributed by atoms with Crippen molar-refractivity contribution in [2.75, 3.05) is 39.5 Å². The predicted octanol–water partition coefficient (Wildman–Crippen LogP) is 1.94. The number of hydrogen-bond acceptors (Lipinski definition) is 3. The Balaban J connectivity index is 2.56. The van der Waals surface area contributed by atoms with Crippen molar-refractivity contribution < 1.29 is 4.79 Å². The average Bonchev–Trinajstić information content (AvgIpc) is 2.52. The van der Waals surface area contributed by atoms with Crippen LogP contribution in [0.3, 0.4) is 0 Å². The third kappa shape index (κ3) is 6.46. The molecule has 6 heteroatoms. The van der Waals surface area contributed by atoms with Crippen molar-refractivity contribution in [2.45, 2.75) is 44.8 Å². The summed E-state index contributed by atoms with van der Waals surface area (Å²) >= 11 is 1.85. The van der Waals surface area contributed by atoms with E-state index in [4.69, 9.17) is 4.99 Å². The number of carbonyl (C=O) groups is 1. The quantitative estimate of drug-likeness (QED) is 0.578. The molecule has 0 saturated carbocycles. The first-order valence-corrected chi connectivity index (χ1v) is 9.43. The van der Waals surface area contributed by atoms with E-state index in [1.807, 2.05) is 11.8 Å². The van der Waals surface area contributed by atoms with Crippen molar-refractivity contribution >= 4 is 23.6 Å². The topological polar surface area (TPSA) is 56.7 Å². The lowest BCUT2D eigenvalue weighted by molar-refractivity contribution is -0.121. The van der Waals surface area contributed by atoms with Gasteiger partial charge in [0, 0.05) is 37.8 Å². The number of rotatable bonds is 6. The van der Waals surface area contributed by atoms with Gasteiger partial charge in [-0.3, -0.25) is 9.79 Å². The number of aliphatic imine (C=N–C) groups is 1. The Bertz CT molecular complexity index is 376. The fourth-order valence-electron chi connectivity index (χ4n) is 2.47. The summed E-state index contributed by atoms with van der Waals surface area (Å²) < 4.78 is 0.165. The first-order chi connectivity index (χ1) is 10.4. The van der Waals surface area contributed by atoms with Crippen LogP contribution in [0.1, 0.15) is 40.0 Å². The van der Waals surface area contributed by atoms with Gasteiger partial charge in [-0.25, -0.2) is 0 Å². The van der Waals surface area contributed by atoms with Gasteiger partial charge in [-0.05, 0) is 45.8 Å². The molecule has 0 aromatic heterocycles. The Morgan fingerprint density at radius 3 is 2.50 bits per heavy atom. The van der Waals surface area contributed by atoms with Gasteiger partial charge in [-0.2, -0.15) is 11.8 Å². The minimum Gasteiger partial charge on any atom is -0.359 e. The molecule has 0 bridgehead atoms. The highest BCUT2D eigenvalue weighted by Crippen LogP contribution is 2.23. The minimum absolute atomic E-state index is 0.153. The zero-order chi connectivity index (χ0) is 16.6. The zero-order valence-corrected chi connectivity index (χ0v) is 15.6. The number of guanidine groups is 1. The average molecular weight is 329 g/mol. The molecule has 0 radical (unpaired) electrons.